The first kappa shape index (κ1) is 23.6. The number of aromatic nitrogens is 2. The van der Waals surface area contributed by atoms with E-state index in [0.29, 0.717) is 17.9 Å². The van der Waals surface area contributed by atoms with Crippen molar-refractivity contribution in [2.45, 2.75) is 68.5 Å². The molecule has 2 bridgehead atoms. The van der Waals surface area contributed by atoms with Gasteiger partial charge in [-0.3, -0.25) is 4.79 Å². The Morgan fingerprint density at radius 2 is 1.81 bits per heavy atom. The van der Waals surface area contributed by atoms with Crippen LogP contribution in [0, 0.1) is 10.8 Å². The molecule has 2 heterocycles. The first-order valence-corrected chi connectivity index (χ1v) is 13.9. The third-order valence-electron chi connectivity index (χ3n) is 9.15. The van der Waals surface area contributed by atoms with Crippen molar-refractivity contribution in [1.29, 1.82) is 0 Å². The summed E-state index contributed by atoms with van der Waals surface area (Å²) in [5.41, 5.74) is 4.09. The maximum Gasteiger partial charge on any atom is 0.226 e. The number of rotatable bonds is 7. The van der Waals surface area contributed by atoms with Crippen LogP contribution in [0.1, 0.15) is 62.1 Å². The van der Waals surface area contributed by atoms with E-state index < -0.39 is 17.1 Å². The van der Waals surface area contributed by atoms with E-state index in [1.165, 1.54) is 11.1 Å². The number of amides is 1. The molecule has 1 amide bonds. The summed E-state index contributed by atoms with van der Waals surface area (Å²) in [5.74, 6) is 0.115. The lowest BCUT2D eigenvalue weighted by atomic mass is 9.51. The Labute approximate surface area is 213 Å². The number of hydrogen-bond donors (Lipinski definition) is 3. The third kappa shape index (κ3) is 3.83. The first-order valence-electron chi connectivity index (χ1n) is 12.7. The van der Waals surface area contributed by atoms with Gasteiger partial charge in [-0.2, -0.15) is 0 Å². The average Bonchev–Trinajstić information content (AvgIpc) is 3.51. The van der Waals surface area contributed by atoms with Gasteiger partial charge in [0.15, 0.2) is 0 Å². The molecule has 8 heteroatoms. The van der Waals surface area contributed by atoms with Crippen LogP contribution in [0.15, 0.2) is 66.0 Å². The van der Waals surface area contributed by atoms with Crippen molar-refractivity contribution in [3.8, 4) is 11.3 Å². The molecule has 0 spiro atoms. The van der Waals surface area contributed by atoms with Crippen LogP contribution in [0.3, 0.4) is 0 Å². The molecule has 1 aromatic heterocycles. The number of benzene rings is 2. The normalized spacial score (nSPS) is 27.8. The largest absolute Gasteiger partial charge is 0.392 e. The van der Waals surface area contributed by atoms with Crippen molar-refractivity contribution in [3.63, 3.8) is 0 Å². The molecule has 188 valence electrons. The maximum absolute atomic E-state index is 13.3. The van der Waals surface area contributed by atoms with Crippen LogP contribution in [-0.2, 0) is 22.3 Å². The second-order valence-electron chi connectivity index (χ2n) is 10.8. The van der Waals surface area contributed by atoms with E-state index in [9.17, 15) is 14.1 Å². The van der Waals surface area contributed by atoms with Crippen LogP contribution in [0.5, 0.6) is 0 Å². The van der Waals surface area contributed by atoms with Crippen LogP contribution in [0.25, 0.3) is 11.3 Å². The van der Waals surface area contributed by atoms with Gasteiger partial charge in [-0.25, -0.2) is 14.3 Å². The molecule has 3 aliphatic carbocycles. The molecule has 4 N–H and O–H groups in total. The zero-order valence-corrected chi connectivity index (χ0v) is 21.0. The Hall–Kier alpha value is -2.81. The molecule has 4 aliphatic rings. The molecule has 7 rings (SSSR count). The van der Waals surface area contributed by atoms with Crippen LogP contribution >= 0.6 is 0 Å². The molecule has 7 nitrogen and oxygen atoms in total. The Morgan fingerprint density at radius 3 is 2.50 bits per heavy atom. The van der Waals surface area contributed by atoms with Crippen molar-refractivity contribution in [2.24, 2.45) is 16.0 Å². The van der Waals surface area contributed by atoms with Gasteiger partial charge in [0.2, 0.25) is 5.91 Å². The fourth-order valence-corrected chi connectivity index (χ4v) is 7.21. The molecule has 3 saturated carbocycles. The van der Waals surface area contributed by atoms with Gasteiger partial charge in [-0.05, 0) is 73.6 Å². The summed E-state index contributed by atoms with van der Waals surface area (Å²) in [4.78, 5) is 18.2. The highest BCUT2D eigenvalue weighted by Gasteiger charge is 2.55. The molecule has 3 aromatic rings. The van der Waals surface area contributed by atoms with Gasteiger partial charge in [0.25, 0.3) is 0 Å². The molecule has 0 radical (unpaired) electrons. The zero-order chi connectivity index (χ0) is 24.9. The first-order chi connectivity index (χ1) is 17.4. The summed E-state index contributed by atoms with van der Waals surface area (Å²) in [5, 5.41) is 20.1. The van der Waals surface area contributed by atoms with Gasteiger partial charge in [0.1, 0.15) is 11.0 Å². The standard InChI is InChI=1S/C28H32N4O3S/c29-36(35)20-7-5-19(6-8-20)16-31-26(34)28-12-9-27(10-13-28,11-14-28)25(33)15-23-21-3-1-2-4-22(21)24-17-30-18-32(23)24/h1-8,17-18,23,25,33H,9-16,29H2,(H,31,34). The Balaban J connectivity index is 1.10. The summed E-state index contributed by atoms with van der Waals surface area (Å²) < 4.78 is 13.6. The summed E-state index contributed by atoms with van der Waals surface area (Å²) in [7, 11) is -1.50. The van der Waals surface area contributed by atoms with Crippen molar-refractivity contribution in [3.05, 3.63) is 72.2 Å². The number of nitrogens with two attached hydrogens (primary N) is 1. The van der Waals surface area contributed by atoms with Gasteiger partial charge >= 0.3 is 0 Å². The summed E-state index contributed by atoms with van der Waals surface area (Å²) in [6.07, 6.45) is 9.13. The smallest absolute Gasteiger partial charge is 0.226 e. The van der Waals surface area contributed by atoms with Gasteiger partial charge in [-0.15, -0.1) is 0 Å². The van der Waals surface area contributed by atoms with Gasteiger partial charge in [-0.1, -0.05) is 36.4 Å². The number of aliphatic hydroxyl groups excluding tert-OH is 1. The molecule has 0 saturated heterocycles. The Kier molecular flexibility index (Phi) is 5.85. The minimum absolute atomic E-state index is 0.100. The van der Waals surface area contributed by atoms with E-state index in [-0.39, 0.29) is 22.8 Å². The second kappa shape index (κ2) is 8.94. The predicted octanol–water partition coefficient (Wildman–Crippen LogP) is 3.84. The highest BCUT2D eigenvalue weighted by molar-refractivity contribution is 7.82. The third-order valence-corrected chi connectivity index (χ3v) is 9.88. The number of hydrogen-bond acceptors (Lipinski definition) is 4. The highest BCUT2D eigenvalue weighted by atomic mass is 32.2. The van der Waals surface area contributed by atoms with Crippen molar-refractivity contribution in [1.82, 2.24) is 14.9 Å². The summed E-state index contributed by atoms with van der Waals surface area (Å²) in [6.45, 7) is 0.445. The molecule has 3 fully saturated rings. The summed E-state index contributed by atoms with van der Waals surface area (Å²) in [6, 6.07) is 15.7. The lowest BCUT2D eigenvalue weighted by Crippen LogP contribution is -2.53. The molecule has 3 atom stereocenters. The quantitative estimate of drug-likeness (QED) is 0.454. The number of nitrogens with zero attached hydrogens (tertiary/aromatic N) is 2. The fourth-order valence-electron chi connectivity index (χ4n) is 6.80. The Bertz CT molecular complexity index is 1290. The SMILES string of the molecule is NS(=O)c1ccc(CNC(=O)C23CCC(C(O)CC4c5ccccc5-c5cncn54)(CC2)CC3)cc1. The van der Waals surface area contributed by atoms with Crippen molar-refractivity contribution in [2.75, 3.05) is 0 Å². The molecular weight excluding hydrogens is 472 g/mol. The van der Waals surface area contributed by atoms with Crippen molar-refractivity contribution >= 4 is 16.9 Å². The second-order valence-corrected chi connectivity index (χ2v) is 11.9. The molecule has 36 heavy (non-hydrogen) atoms. The average molecular weight is 505 g/mol. The molecule has 3 unspecified atom stereocenters. The van der Waals surface area contributed by atoms with Crippen LogP contribution in [0.2, 0.25) is 0 Å². The molecule has 2 aromatic carbocycles. The van der Waals surface area contributed by atoms with E-state index >= 15 is 0 Å². The highest BCUT2D eigenvalue weighted by Crippen LogP contribution is 2.59. The zero-order valence-electron chi connectivity index (χ0n) is 20.2. The molecular formula is C28H32N4O3S. The van der Waals surface area contributed by atoms with E-state index in [4.69, 9.17) is 5.14 Å². The van der Waals surface area contributed by atoms with Gasteiger partial charge < -0.3 is 15.0 Å². The number of aliphatic hydroxyl groups is 1. The van der Waals surface area contributed by atoms with E-state index in [2.05, 4.69) is 39.1 Å². The minimum Gasteiger partial charge on any atom is -0.392 e. The Morgan fingerprint density at radius 1 is 1.11 bits per heavy atom. The van der Waals surface area contributed by atoms with Gasteiger partial charge in [0, 0.05) is 17.5 Å². The number of nitrogens with one attached hydrogen (secondary N) is 1. The lowest BCUT2D eigenvalue weighted by molar-refractivity contribution is -0.148. The van der Waals surface area contributed by atoms with Crippen LogP contribution in [-0.4, -0.2) is 30.9 Å². The maximum atomic E-state index is 13.3. The van der Waals surface area contributed by atoms with E-state index in [0.717, 1.165) is 49.8 Å². The monoisotopic (exact) mass is 504 g/mol. The van der Waals surface area contributed by atoms with E-state index in [1.54, 1.807) is 12.1 Å². The molecule has 1 aliphatic heterocycles. The topological polar surface area (TPSA) is 110 Å². The number of carbonyl (C=O) groups excluding carboxylic acids is 1. The van der Waals surface area contributed by atoms with E-state index in [1.807, 2.05) is 24.7 Å². The van der Waals surface area contributed by atoms with Crippen LogP contribution < -0.4 is 10.5 Å². The van der Waals surface area contributed by atoms with Gasteiger partial charge in [0.05, 0.1) is 35.3 Å². The lowest BCUT2D eigenvalue weighted by Gasteiger charge is -2.54. The number of fused-ring (bicyclic) bond motifs is 6. The predicted molar refractivity (Wildman–Crippen MR) is 138 cm³/mol. The fraction of sp³-hybridized carbons (Fsp3) is 0.429. The summed E-state index contributed by atoms with van der Waals surface area (Å²) >= 11 is 0. The number of carbonyl (C=O) groups is 1. The van der Waals surface area contributed by atoms with Crippen molar-refractivity contribution < 1.29 is 14.1 Å². The van der Waals surface area contributed by atoms with Crippen LogP contribution in [0.4, 0.5) is 0 Å². The number of imidazole rings is 1. The minimum atomic E-state index is -1.50.